The average molecular weight is 130 g/mol. The van der Waals surface area contributed by atoms with Gasteiger partial charge in [0.25, 0.3) is 0 Å². The first-order valence-electron chi connectivity index (χ1n) is 2.45. The van der Waals surface area contributed by atoms with Gasteiger partial charge in [0.1, 0.15) is 0 Å². The van der Waals surface area contributed by atoms with Gasteiger partial charge in [0.2, 0.25) is 0 Å². The van der Waals surface area contributed by atoms with Crippen molar-refractivity contribution < 1.29 is 5.11 Å². The number of terminal acetylenes is 1. The van der Waals surface area contributed by atoms with Gasteiger partial charge < -0.3 is 5.11 Å². The van der Waals surface area contributed by atoms with Gasteiger partial charge in [0, 0.05) is 6.61 Å². The Hall–Kier alpha value is -0.130. The number of hydrogen-bond acceptors (Lipinski definition) is 2. The molecule has 1 N–H and O–H groups in total. The summed E-state index contributed by atoms with van der Waals surface area (Å²) in [6.07, 6.45) is 7.74. The second kappa shape index (κ2) is 5.02. The Bertz CT molecular complexity index is 85.0. The molecule has 2 heteroatoms. The molecular formula is C6H10OS. The zero-order chi connectivity index (χ0) is 6.41. The highest BCUT2D eigenvalue weighted by atomic mass is 32.2. The predicted molar refractivity (Wildman–Crippen MR) is 37.8 cm³/mol. The fourth-order valence-corrected chi connectivity index (χ4v) is 0.864. The molecule has 0 bridgehead atoms. The minimum Gasteiger partial charge on any atom is -0.396 e. The van der Waals surface area contributed by atoms with Crippen molar-refractivity contribution in [3.8, 4) is 12.3 Å². The number of aliphatic hydroxyl groups is 1. The van der Waals surface area contributed by atoms with Gasteiger partial charge in [0.15, 0.2) is 0 Å². The Morgan fingerprint density at radius 2 is 2.50 bits per heavy atom. The Kier molecular flexibility index (Phi) is 4.93. The molecule has 0 aromatic heterocycles. The lowest BCUT2D eigenvalue weighted by molar-refractivity contribution is 0.292. The first kappa shape index (κ1) is 7.87. The Labute approximate surface area is 54.5 Å². The highest BCUT2D eigenvalue weighted by Crippen LogP contribution is 2.07. The third-order valence-corrected chi connectivity index (χ3v) is 1.80. The standard InChI is InChI=1S/C6H10OS/c1-3-6(8-2)4-5-7/h1,6-7H,4-5H2,2H3. The summed E-state index contributed by atoms with van der Waals surface area (Å²) in [7, 11) is 0. The van der Waals surface area contributed by atoms with Crippen LogP contribution in [-0.2, 0) is 0 Å². The van der Waals surface area contributed by atoms with Gasteiger partial charge >= 0.3 is 0 Å². The first-order valence-corrected chi connectivity index (χ1v) is 3.73. The Morgan fingerprint density at radius 1 is 1.88 bits per heavy atom. The summed E-state index contributed by atoms with van der Waals surface area (Å²) < 4.78 is 0. The van der Waals surface area contributed by atoms with Crippen LogP contribution in [0, 0.1) is 12.3 Å². The third-order valence-electron chi connectivity index (χ3n) is 0.862. The fourth-order valence-electron chi connectivity index (χ4n) is 0.386. The molecule has 0 heterocycles. The number of hydrogen-bond donors (Lipinski definition) is 1. The summed E-state index contributed by atoms with van der Waals surface area (Å²) >= 11 is 1.60. The Balaban J connectivity index is 3.26. The lowest BCUT2D eigenvalue weighted by Crippen LogP contribution is -1.99. The molecule has 0 fully saturated rings. The zero-order valence-electron chi connectivity index (χ0n) is 4.92. The van der Waals surface area contributed by atoms with Crippen LogP contribution < -0.4 is 0 Å². The van der Waals surface area contributed by atoms with E-state index in [0.29, 0.717) is 6.42 Å². The smallest absolute Gasteiger partial charge is 0.0673 e. The van der Waals surface area contributed by atoms with Crippen LogP contribution in [0.4, 0.5) is 0 Å². The molecule has 0 aliphatic rings. The molecule has 0 saturated carbocycles. The van der Waals surface area contributed by atoms with E-state index in [0.717, 1.165) is 0 Å². The van der Waals surface area contributed by atoms with Crippen LogP contribution in [0.25, 0.3) is 0 Å². The van der Waals surface area contributed by atoms with Crippen molar-refractivity contribution in [2.75, 3.05) is 12.9 Å². The zero-order valence-corrected chi connectivity index (χ0v) is 5.74. The summed E-state index contributed by atoms with van der Waals surface area (Å²) in [5.41, 5.74) is 0. The van der Waals surface area contributed by atoms with Crippen molar-refractivity contribution in [1.29, 1.82) is 0 Å². The van der Waals surface area contributed by atoms with Crippen LogP contribution in [0.2, 0.25) is 0 Å². The molecule has 0 aromatic rings. The summed E-state index contributed by atoms with van der Waals surface area (Å²) in [6.45, 7) is 0.190. The minimum absolute atomic E-state index is 0.190. The molecule has 0 radical (unpaired) electrons. The van der Waals surface area contributed by atoms with Crippen molar-refractivity contribution >= 4 is 11.8 Å². The summed E-state index contributed by atoms with van der Waals surface area (Å²) in [5, 5.41) is 8.58. The predicted octanol–water partition coefficient (Wildman–Crippen LogP) is 0.734. The lowest BCUT2D eigenvalue weighted by atomic mass is 10.3. The molecule has 8 heavy (non-hydrogen) atoms. The molecule has 0 aliphatic heterocycles. The molecule has 0 aliphatic carbocycles. The molecule has 1 nitrogen and oxygen atoms in total. The van der Waals surface area contributed by atoms with Gasteiger partial charge in [0.05, 0.1) is 5.25 Å². The normalized spacial score (nSPS) is 12.6. The minimum atomic E-state index is 0.190. The van der Waals surface area contributed by atoms with E-state index in [4.69, 9.17) is 11.5 Å². The molecular weight excluding hydrogens is 120 g/mol. The van der Waals surface area contributed by atoms with Crippen LogP contribution in [0.1, 0.15) is 6.42 Å². The lowest BCUT2D eigenvalue weighted by Gasteiger charge is -2.01. The van der Waals surface area contributed by atoms with Crippen molar-refractivity contribution in [1.82, 2.24) is 0 Å². The van der Waals surface area contributed by atoms with E-state index < -0.39 is 0 Å². The second-order valence-corrected chi connectivity index (χ2v) is 2.44. The summed E-state index contributed by atoms with van der Waals surface area (Å²) in [6, 6.07) is 0. The van der Waals surface area contributed by atoms with Crippen LogP contribution in [0.5, 0.6) is 0 Å². The molecule has 1 unspecified atom stereocenters. The summed E-state index contributed by atoms with van der Waals surface area (Å²) in [5.74, 6) is 2.56. The van der Waals surface area contributed by atoms with Crippen molar-refractivity contribution in [3.05, 3.63) is 0 Å². The topological polar surface area (TPSA) is 20.2 Å². The first-order chi connectivity index (χ1) is 3.85. The van der Waals surface area contributed by atoms with Crippen LogP contribution in [-0.4, -0.2) is 23.2 Å². The second-order valence-electron chi connectivity index (χ2n) is 1.40. The van der Waals surface area contributed by atoms with E-state index in [1.165, 1.54) is 0 Å². The van der Waals surface area contributed by atoms with Gasteiger partial charge in [-0.2, -0.15) is 0 Å². The van der Waals surface area contributed by atoms with Crippen molar-refractivity contribution in [2.24, 2.45) is 0 Å². The van der Waals surface area contributed by atoms with Crippen LogP contribution in [0.15, 0.2) is 0 Å². The highest BCUT2D eigenvalue weighted by molar-refractivity contribution is 7.99. The maximum atomic E-state index is 8.39. The third kappa shape index (κ3) is 2.95. The SMILES string of the molecule is C#CC(CCO)SC. The quantitative estimate of drug-likeness (QED) is 0.568. The maximum absolute atomic E-state index is 8.39. The van der Waals surface area contributed by atoms with Crippen molar-refractivity contribution in [2.45, 2.75) is 11.7 Å². The monoisotopic (exact) mass is 130 g/mol. The number of aliphatic hydroxyl groups excluding tert-OH is 1. The van der Waals surface area contributed by atoms with Gasteiger partial charge in [-0.1, -0.05) is 5.92 Å². The number of thioether (sulfide) groups is 1. The molecule has 0 rings (SSSR count). The van der Waals surface area contributed by atoms with E-state index >= 15 is 0 Å². The van der Waals surface area contributed by atoms with E-state index in [2.05, 4.69) is 5.92 Å². The van der Waals surface area contributed by atoms with Crippen LogP contribution >= 0.6 is 11.8 Å². The Morgan fingerprint density at radius 3 is 2.62 bits per heavy atom. The molecule has 46 valence electrons. The van der Waals surface area contributed by atoms with E-state index in [1.54, 1.807) is 11.8 Å². The van der Waals surface area contributed by atoms with Crippen molar-refractivity contribution in [3.63, 3.8) is 0 Å². The molecule has 0 spiro atoms. The number of rotatable bonds is 3. The average Bonchev–Trinajstić information content (AvgIpc) is 1.83. The highest BCUT2D eigenvalue weighted by Gasteiger charge is 1.97. The van der Waals surface area contributed by atoms with Crippen LogP contribution in [0.3, 0.4) is 0 Å². The van der Waals surface area contributed by atoms with E-state index in [-0.39, 0.29) is 11.9 Å². The van der Waals surface area contributed by atoms with E-state index in [9.17, 15) is 0 Å². The van der Waals surface area contributed by atoms with Gasteiger partial charge in [-0.3, -0.25) is 0 Å². The fraction of sp³-hybridized carbons (Fsp3) is 0.667. The molecule has 0 aromatic carbocycles. The van der Waals surface area contributed by atoms with E-state index in [1.807, 2.05) is 6.26 Å². The van der Waals surface area contributed by atoms with Gasteiger partial charge in [-0.15, -0.1) is 18.2 Å². The summed E-state index contributed by atoms with van der Waals surface area (Å²) in [4.78, 5) is 0. The molecule has 0 saturated heterocycles. The largest absolute Gasteiger partial charge is 0.396 e. The van der Waals surface area contributed by atoms with Gasteiger partial charge in [-0.25, -0.2) is 0 Å². The maximum Gasteiger partial charge on any atom is 0.0673 e. The molecule has 1 atom stereocenters. The molecule has 0 amide bonds. The van der Waals surface area contributed by atoms with Gasteiger partial charge in [-0.05, 0) is 12.7 Å².